The Labute approximate surface area is 148 Å². The molecule has 1 saturated heterocycles. The number of anilines is 2. The lowest BCUT2D eigenvalue weighted by molar-refractivity contribution is 0.256. The van der Waals surface area contributed by atoms with Gasteiger partial charge >= 0.3 is 6.03 Å². The summed E-state index contributed by atoms with van der Waals surface area (Å²) in [4.78, 5) is 20.5. The highest BCUT2D eigenvalue weighted by molar-refractivity contribution is 7.14. The molecule has 0 saturated carbocycles. The average Bonchev–Trinajstić information content (AvgIpc) is 3.20. The predicted octanol–water partition coefficient (Wildman–Crippen LogP) is 3.56. The first-order chi connectivity index (χ1) is 11.5. The maximum absolute atomic E-state index is 13.1. The van der Waals surface area contributed by atoms with E-state index in [-0.39, 0.29) is 16.6 Å². The average molecular weight is 367 g/mol. The van der Waals surface area contributed by atoms with Crippen LogP contribution in [0.5, 0.6) is 0 Å². The van der Waals surface area contributed by atoms with Gasteiger partial charge in [-0.2, -0.15) is 4.39 Å². The second kappa shape index (κ2) is 5.68. The number of likely N-dealkylation sites (tertiary alicyclic amines) is 1. The number of aromatic nitrogens is 1. The van der Waals surface area contributed by atoms with E-state index in [1.165, 1.54) is 0 Å². The molecule has 2 amide bonds. The van der Waals surface area contributed by atoms with Crippen LogP contribution in [0, 0.1) is 5.13 Å². The summed E-state index contributed by atoms with van der Waals surface area (Å²) < 4.78 is 13.1. The van der Waals surface area contributed by atoms with Gasteiger partial charge in [0, 0.05) is 29.2 Å². The first-order valence-corrected chi connectivity index (χ1v) is 8.85. The standard InChI is InChI=1S/C16H16ClFN4OS/c1-21-5-4-16(8-21)9-22(12-3-2-10(17)6-11(12)16)15(23)20-14-19-7-13(18)24-14/h2-3,6-7H,4-5,8-9H2,1H3,(H,19,20,23)/t16-/m0/s1. The van der Waals surface area contributed by atoms with Crippen molar-refractivity contribution in [2.45, 2.75) is 11.8 Å². The van der Waals surface area contributed by atoms with Gasteiger partial charge in [0.2, 0.25) is 0 Å². The lowest BCUT2D eigenvalue weighted by atomic mass is 9.81. The van der Waals surface area contributed by atoms with E-state index < -0.39 is 5.13 Å². The van der Waals surface area contributed by atoms with Gasteiger partial charge in [-0.15, -0.1) is 0 Å². The van der Waals surface area contributed by atoms with E-state index in [9.17, 15) is 9.18 Å². The number of nitrogens with zero attached hydrogens (tertiary/aromatic N) is 3. The van der Waals surface area contributed by atoms with Gasteiger partial charge in [-0.1, -0.05) is 22.9 Å². The van der Waals surface area contributed by atoms with E-state index in [1.54, 1.807) is 11.0 Å². The second-order valence-corrected chi connectivity index (χ2v) is 7.83. The number of carbonyl (C=O) groups excluding carboxylic acids is 1. The highest BCUT2D eigenvalue weighted by Gasteiger charge is 2.48. The number of thiazole rings is 1. The number of hydrogen-bond donors (Lipinski definition) is 1. The molecule has 0 bridgehead atoms. The van der Waals surface area contributed by atoms with Crippen LogP contribution in [0.25, 0.3) is 0 Å². The Bertz CT molecular complexity index is 813. The lowest BCUT2D eigenvalue weighted by Gasteiger charge is -2.25. The molecule has 2 aliphatic rings. The molecule has 0 aliphatic carbocycles. The van der Waals surface area contributed by atoms with Crippen molar-refractivity contribution in [1.82, 2.24) is 9.88 Å². The van der Waals surface area contributed by atoms with Gasteiger partial charge in [0.05, 0.1) is 6.20 Å². The zero-order valence-electron chi connectivity index (χ0n) is 13.1. The van der Waals surface area contributed by atoms with E-state index in [2.05, 4.69) is 22.2 Å². The third-order valence-electron chi connectivity index (χ3n) is 4.76. The molecular weight excluding hydrogens is 351 g/mol. The number of likely N-dealkylation sites (N-methyl/N-ethyl adjacent to an activating group) is 1. The number of benzene rings is 1. The van der Waals surface area contributed by atoms with Crippen LogP contribution in [0.15, 0.2) is 24.4 Å². The Morgan fingerprint density at radius 2 is 2.29 bits per heavy atom. The van der Waals surface area contributed by atoms with Crippen molar-refractivity contribution >= 4 is 39.8 Å². The van der Waals surface area contributed by atoms with Crippen molar-refractivity contribution in [1.29, 1.82) is 0 Å². The van der Waals surface area contributed by atoms with Crippen LogP contribution in [0.1, 0.15) is 12.0 Å². The molecule has 2 aromatic rings. The molecule has 8 heteroatoms. The predicted molar refractivity (Wildman–Crippen MR) is 93.7 cm³/mol. The van der Waals surface area contributed by atoms with Crippen LogP contribution >= 0.6 is 22.9 Å². The van der Waals surface area contributed by atoms with E-state index in [0.29, 0.717) is 11.6 Å². The Kier molecular flexibility index (Phi) is 3.74. The molecule has 5 nitrogen and oxygen atoms in total. The number of urea groups is 1. The van der Waals surface area contributed by atoms with Gasteiger partial charge in [0.15, 0.2) is 10.3 Å². The molecule has 0 unspecified atom stereocenters. The van der Waals surface area contributed by atoms with Gasteiger partial charge in [-0.25, -0.2) is 9.78 Å². The molecule has 1 spiro atoms. The number of fused-ring (bicyclic) bond motifs is 2. The zero-order chi connectivity index (χ0) is 16.9. The van der Waals surface area contributed by atoms with Crippen molar-refractivity contribution in [3.63, 3.8) is 0 Å². The van der Waals surface area contributed by atoms with Gasteiger partial charge in [0.25, 0.3) is 0 Å². The highest BCUT2D eigenvalue weighted by atomic mass is 35.5. The fourth-order valence-corrected chi connectivity index (χ4v) is 4.43. The summed E-state index contributed by atoms with van der Waals surface area (Å²) in [7, 11) is 2.08. The van der Waals surface area contributed by atoms with Gasteiger partial charge < -0.3 is 4.90 Å². The molecule has 1 fully saturated rings. The van der Waals surface area contributed by atoms with Gasteiger partial charge in [-0.3, -0.25) is 10.2 Å². The molecule has 1 atom stereocenters. The van der Waals surface area contributed by atoms with Crippen molar-refractivity contribution < 1.29 is 9.18 Å². The fourth-order valence-electron chi connectivity index (χ4n) is 3.72. The maximum Gasteiger partial charge on any atom is 0.328 e. The molecule has 4 rings (SSSR count). The third-order valence-corrected chi connectivity index (χ3v) is 5.70. The monoisotopic (exact) mass is 366 g/mol. The zero-order valence-corrected chi connectivity index (χ0v) is 14.6. The minimum absolute atomic E-state index is 0.0968. The largest absolute Gasteiger partial charge is 0.328 e. The normalized spacial score (nSPS) is 23.0. The molecule has 2 aliphatic heterocycles. The third kappa shape index (κ3) is 2.56. The number of halogens is 2. The first kappa shape index (κ1) is 15.8. The summed E-state index contributed by atoms with van der Waals surface area (Å²) in [6, 6.07) is 5.35. The van der Waals surface area contributed by atoms with Crippen LogP contribution in [0.4, 0.5) is 20.0 Å². The van der Waals surface area contributed by atoms with Crippen LogP contribution < -0.4 is 10.2 Å². The van der Waals surface area contributed by atoms with E-state index in [0.717, 1.165) is 48.3 Å². The molecule has 3 heterocycles. The summed E-state index contributed by atoms with van der Waals surface area (Å²) in [5.74, 6) is 0. The van der Waals surface area contributed by atoms with Gasteiger partial charge in [0.1, 0.15) is 0 Å². The SMILES string of the molecule is CN1CC[C@]2(C1)CN(C(=O)Nc1ncc(F)s1)c1ccc(Cl)cc12. The Morgan fingerprint density at radius 1 is 1.46 bits per heavy atom. The van der Waals surface area contributed by atoms with Crippen molar-refractivity contribution in [2.24, 2.45) is 0 Å². The molecule has 126 valence electrons. The minimum Gasteiger partial charge on any atom is -0.305 e. The molecule has 1 N–H and O–H groups in total. The van der Waals surface area contributed by atoms with Crippen molar-refractivity contribution in [2.75, 3.05) is 36.9 Å². The Balaban J connectivity index is 1.67. The topological polar surface area (TPSA) is 48.5 Å². The first-order valence-electron chi connectivity index (χ1n) is 7.65. The van der Waals surface area contributed by atoms with Crippen LogP contribution in [-0.4, -0.2) is 42.6 Å². The van der Waals surface area contributed by atoms with Crippen LogP contribution in [0.2, 0.25) is 5.02 Å². The van der Waals surface area contributed by atoms with Gasteiger partial charge in [-0.05, 0) is 43.8 Å². The Morgan fingerprint density at radius 3 is 2.96 bits per heavy atom. The van der Waals surface area contributed by atoms with E-state index in [4.69, 9.17) is 11.6 Å². The summed E-state index contributed by atoms with van der Waals surface area (Å²) in [5.41, 5.74) is 1.88. The second-order valence-electron chi connectivity index (χ2n) is 6.42. The maximum atomic E-state index is 13.1. The number of nitrogens with one attached hydrogen (secondary N) is 1. The van der Waals surface area contributed by atoms with Crippen molar-refractivity contribution in [3.8, 4) is 0 Å². The Hall–Kier alpha value is -1.70. The summed E-state index contributed by atoms with van der Waals surface area (Å²) in [6.45, 7) is 2.46. The summed E-state index contributed by atoms with van der Waals surface area (Å²) in [6.07, 6.45) is 2.08. The fraction of sp³-hybridized carbons (Fsp3) is 0.375. The lowest BCUT2D eigenvalue weighted by Crippen LogP contribution is -2.40. The molecule has 0 radical (unpaired) electrons. The minimum atomic E-state index is -0.423. The molecule has 24 heavy (non-hydrogen) atoms. The number of hydrogen-bond acceptors (Lipinski definition) is 4. The van der Waals surface area contributed by atoms with Crippen LogP contribution in [-0.2, 0) is 5.41 Å². The quantitative estimate of drug-likeness (QED) is 0.839. The smallest absolute Gasteiger partial charge is 0.305 e. The van der Waals surface area contributed by atoms with Crippen LogP contribution in [0.3, 0.4) is 0 Å². The summed E-state index contributed by atoms with van der Waals surface area (Å²) >= 11 is 7.02. The van der Waals surface area contributed by atoms with Crippen molar-refractivity contribution in [3.05, 3.63) is 40.1 Å². The van der Waals surface area contributed by atoms with E-state index >= 15 is 0 Å². The number of amides is 2. The number of carbonyl (C=O) groups is 1. The molecule has 1 aromatic heterocycles. The molecular formula is C16H16ClFN4OS. The molecule has 1 aromatic carbocycles. The number of rotatable bonds is 1. The summed E-state index contributed by atoms with van der Waals surface area (Å²) in [5, 5.41) is 3.20. The highest BCUT2D eigenvalue weighted by Crippen LogP contribution is 2.47. The van der Waals surface area contributed by atoms with E-state index in [1.807, 2.05) is 12.1 Å².